The molecule has 0 aliphatic carbocycles. The average molecular weight is 747 g/mol. The predicted molar refractivity (Wildman–Crippen MR) is 140 cm³/mol. The quantitative estimate of drug-likeness (QED) is 0.127. The molecule has 0 amide bonds. The number of aromatic nitrogens is 1. The zero-order valence-electron chi connectivity index (χ0n) is 22.9. The first-order valence-corrected chi connectivity index (χ1v) is 11.7. The monoisotopic (exact) mass is 746 g/mol. The normalized spacial score (nSPS) is 11.8. The fourth-order valence-electron chi connectivity index (χ4n) is 4.12. The molecule has 40 heavy (non-hydrogen) atoms. The van der Waals surface area contributed by atoms with Crippen LogP contribution in [0.4, 0.5) is 32.0 Å². The zero-order chi connectivity index (χ0) is 29.9. The first-order chi connectivity index (χ1) is 17.8. The van der Waals surface area contributed by atoms with Crippen LogP contribution in [-0.2, 0) is 38.2 Å². The van der Waals surface area contributed by atoms with Gasteiger partial charge in [-0.25, -0.2) is 0 Å². The third-order valence-corrected chi connectivity index (χ3v) is 5.53. The number of aliphatic hydroxyl groups is 1. The predicted octanol–water partition coefficient (Wildman–Crippen LogP) is 8.28. The van der Waals surface area contributed by atoms with Crippen LogP contribution in [0.5, 0.6) is 0 Å². The van der Waals surface area contributed by atoms with E-state index in [2.05, 4.69) is 11.1 Å². The summed E-state index contributed by atoms with van der Waals surface area (Å²) in [6.07, 6.45) is -7.52. The Morgan fingerprint density at radius 3 is 1.88 bits per heavy atom. The number of hydrogen-bond acceptors (Lipinski definition) is 4. The second kappa shape index (κ2) is 13.5. The SMILES string of the molecule is CC(=O)/C=C(/C)O.Cc1cc(C)c(-c2c(-c3cc(N(C)C)ccn3)[c-]c(C(F)(F)F)cc2C(F)(F)F)c(C)c1.[Pt]. The maximum atomic E-state index is 14.1. The van der Waals surface area contributed by atoms with Gasteiger partial charge in [-0.2, -0.15) is 26.3 Å². The molecule has 11 heteroatoms. The molecule has 1 aromatic heterocycles. The minimum Gasteiger partial charge on any atom is -0.512 e. The van der Waals surface area contributed by atoms with Crippen LogP contribution in [0.2, 0.25) is 0 Å². The van der Waals surface area contributed by atoms with Crippen LogP contribution in [0.15, 0.2) is 48.4 Å². The van der Waals surface area contributed by atoms with Crippen LogP contribution in [-0.4, -0.2) is 30.0 Å². The summed E-state index contributed by atoms with van der Waals surface area (Å²) in [6, 6.07) is 8.81. The summed E-state index contributed by atoms with van der Waals surface area (Å²) in [4.78, 5) is 15.8. The number of halogens is 6. The van der Waals surface area contributed by atoms with Crippen molar-refractivity contribution in [1.82, 2.24) is 4.98 Å². The molecule has 0 saturated carbocycles. The number of hydrogen-bond donors (Lipinski definition) is 1. The Hall–Kier alpha value is -3.13. The van der Waals surface area contributed by atoms with E-state index in [0.29, 0.717) is 16.8 Å². The maximum Gasteiger partial charge on any atom is 0.400 e. The van der Waals surface area contributed by atoms with E-state index in [4.69, 9.17) is 5.11 Å². The van der Waals surface area contributed by atoms with Gasteiger partial charge in [0.1, 0.15) is 0 Å². The fraction of sp³-hybridized carbons (Fsp3) is 0.310. The number of allylic oxidation sites excluding steroid dienone is 2. The Morgan fingerprint density at radius 2 is 1.48 bits per heavy atom. The van der Waals surface area contributed by atoms with E-state index < -0.39 is 23.5 Å². The molecular weight excluding hydrogens is 717 g/mol. The van der Waals surface area contributed by atoms with Crippen molar-refractivity contribution in [3.8, 4) is 22.4 Å². The van der Waals surface area contributed by atoms with E-state index in [1.807, 2.05) is 0 Å². The Balaban J connectivity index is 0.000000886. The number of nitrogens with zero attached hydrogens (tertiary/aromatic N) is 2. The molecule has 3 rings (SSSR count). The van der Waals surface area contributed by atoms with Crippen molar-refractivity contribution in [3.05, 3.63) is 82.2 Å². The molecule has 0 atom stereocenters. The van der Waals surface area contributed by atoms with E-state index in [-0.39, 0.29) is 61.1 Å². The molecule has 0 bridgehead atoms. The topological polar surface area (TPSA) is 53.4 Å². The third kappa shape index (κ3) is 8.94. The molecule has 2 aromatic carbocycles. The number of aliphatic hydroxyl groups excluding tert-OH is 1. The summed E-state index contributed by atoms with van der Waals surface area (Å²) in [5.41, 5.74) is -0.914. The smallest absolute Gasteiger partial charge is 0.400 e. The fourth-order valence-corrected chi connectivity index (χ4v) is 4.12. The van der Waals surface area contributed by atoms with Gasteiger partial charge in [-0.3, -0.25) is 4.79 Å². The number of carbonyl (C=O) groups excluding carboxylic acids is 1. The van der Waals surface area contributed by atoms with Crippen LogP contribution in [0.25, 0.3) is 22.4 Å². The van der Waals surface area contributed by atoms with E-state index in [9.17, 15) is 31.1 Å². The number of rotatable bonds is 4. The Kier molecular flexibility index (Phi) is 11.8. The van der Waals surface area contributed by atoms with Gasteiger partial charge in [0.2, 0.25) is 0 Å². The minimum atomic E-state index is -5.03. The molecule has 0 aliphatic heterocycles. The summed E-state index contributed by atoms with van der Waals surface area (Å²) in [7, 11) is 3.43. The van der Waals surface area contributed by atoms with Gasteiger partial charge >= 0.3 is 12.4 Å². The minimum absolute atomic E-state index is 0. The van der Waals surface area contributed by atoms with Gasteiger partial charge in [-0.15, -0.1) is 17.7 Å². The van der Waals surface area contributed by atoms with Crippen LogP contribution in [0, 0.1) is 26.8 Å². The van der Waals surface area contributed by atoms with Crippen molar-refractivity contribution in [1.29, 1.82) is 0 Å². The van der Waals surface area contributed by atoms with Crippen molar-refractivity contribution >= 4 is 11.5 Å². The molecule has 4 nitrogen and oxygen atoms in total. The average Bonchev–Trinajstić information content (AvgIpc) is 2.76. The Labute approximate surface area is 244 Å². The number of pyridine rings is 1. The summed E-state index contributed by atoms with van der Waals surface area (Å²) in [5, 5.41) is 8.36. The molecule has 1 heterocycles. The van der Waals surface area contributed by atoms with E-state index >= 15 is 0 Å². The Morgan fingerprint density at radius 1 is 0.925 bits per heavy atom. The first-order valence-electron chi connectivity index (χ1n) is 11.7. The maximum absolute atomic E-state index is 14.1. The summed E-state index contributed by atoms with van der Waals surface area (Å²) >= 11 is 0. The van der Waals surface area contributed by atoms with Crippen LogP contribution in [0.1, 0.15) is 41.7 Å². The van der Waals surface area contributed by atoms with Gasteiger partial charge in [-0.1, -0.05) is 46.0 Å². The van der Waals surface area contributed by atoms with Crippen molar-refractivity contribution in [2.45, 2.75) is 47.0 Å². The molecule has 3 aromatic rings. The van der Waals surface area contributed by atoms with Gasteiger partial charge < -0.3 is 15.0 Å². The number of ketones is 1. The molecule has 0 saturated heterocycles. The zero-order valence-corrected chi connectivity index (χ0v) is 25.1. The van der Waals surface area contributed by atoms with Crippen molar-refractivity contribution in [3.63, 3.8) is 0 Å². The van der Waals surface area contributed by atoms with Crippen LogP contribution < -0.4 is 4.90 Å². The number of anilines is 1. The summed E-state index contributed by atoms with van der Waals surface area (Å²) in [6.45, 7) is 7.93. The first kappa shape index (κ1) is 34.9. The standard InChI is InChI=1S/C24H21F6N2.C5H8O2.Pt/c1-13-8-14(2)21(15(3)9-13)22-18(20-12-17(32(4)5)6-7-31-20)10-16(23(25,26)27)11-19(22)24(28,29)30;1-4(6)3-5(2)7;/h6-9,11-12H,1-5H3;3,6H,1-2H3;/q-1;;/b;4-3-;. The number of alkyl halides is 6. The molecule has 220 valence electrons. The van der Waals surface area contributed by atoms with Crippen LogP contribution >= 0.6 is 0 Å². The van der Waals surface area contributed by atoms with E-state index in [1.54, 1.807) is 58.0 Å². The van der Waals surface area contributed by atoms with Crippen molar-refractivity contribution in [2.24, 2.45) is 0 Å². The molecule has 0 aliphatic rings. The van der Waals surface area contributed by atoms with Crippen molar-refractivity contribution < 1.29 is 57.3 Å². The molecular formula is C29H29F6N2O2Pt-. The second-order valence-corrected chi connectivity index (χ2v) is 9.31. The summed E-state index contributed by atoms with van der Waals surface area (Å²) < 4.78 is 83.1. The molecule has 0 fully saturated rings. The second-order valence-electron chi connectivity index (χ2n) is 9.31. The number of aryl methyl sites for hydroxylation is 3. The molecule has 0 spiro atoms. The van der Waals surface area contributed by atoms with Gasteiger partial charge in [-0.05, 0) is 57.5 Å². The van der Waals surface area contributed by atoms with Gasteiger partial charge in [0, 0.05) is 53.1 Å². The largest absolute Gasteiger partial charge is 0.512 e. The number of benzene rings is 2. The Bertz CT molecular complexity index is 1370. The van der Waals surface area contributed by atoms with E-state index in [1.165, 1.54) is 32.2 Å². The molecule has 1 N–H and O–H groups in total. The number of carbonyl (C=O) groups is 1. The molecule has 0 radical (unpaired) electrons. The van der Waals surface area contributed by atoms with Gasteiger partial charge in [0.15, 0.2) is 5.78 Å². The van der Waals surface area contributed by atoms with Crippen molar-refractivity contribution in [2.75, 3.05) is 19.0 Å². The van der Waals surface area contributed by atoms with Crippen LogP contribution in [0.3, 0.4) is 0 Å². The third-order valence-electron chi connectivity index (χ3n) is 5.53. The molecule has 0 unspecified atom stereocenters. The van der Waals surface area contributed by atoms with E-state index in [0.717, 1.165) is 5.56 Å². The van der Waals surface area contributed by atoms with Gasteiger partial charge in [0.25, 0.3) is 0 Å². The van der Waals surface area contributed by atoms with Gasteiger partial charge in [0.05, 0.1) is 5.76 Å². The summed E-state index contributed by atoms with van der Waals surface area (Å²) in [5.74, 6) is -0.0625.